The highest BCUT2D eigenvalue weighted by Crippen LogP contribution is 2.34. The summed E-state index contributed by atoms with van der Waals surface area (Å²) in [6.45, 7) is 24.5. The van der Waals surface area contributed by atoms with Gasteiger partial charge in [-0.1, -0.05) is 87.1 Å². The molecule has 0 N–H and O–H groups in total. The van der Waals surface area contributed by atoms with Crippen LogP contribution in [0.3, 0.4) is 0 Å². The molecule has 0 spiro atoms. The predicted molar refractivity (Wildman–Crippen MR) is 110 cm³/mol. The Balaban J connectivity index is 3.89. The lowest BCUT2D eigenvalue weighted by Crippen LogP contribution is -2.29. The first-order valence-corrected chi connectivity index (χ1v) is 9.43. The Morgan fingerprint density at radius 3 is 1.57 bits per heavy atom. The molecule has 0 aliphatic carbocycles. The Bertz CT molecular complexity index is 599. The van der Waals surface area contributed by atoms with Crippen molar-refractivity contribution < 1.29 is 0 Å². The van der Waals surface area contributed by atoms with Gasteiger partial charge in [0.15, 0.2) is 13.5 Å². The Hall–Kier alpha value is -1.09. The van der Waals surface area contributed by atoms with E-state index in [9.17, 15) is 0 Å². The Labute approximate surface area is 145 Å². The van der Waals surface area contributed by atoms with Gasteiger partial charge in [0.2, 0.25) is 0 Å². The summed E-state index contributed by atoms with van der Waals surface area (Å²) in [4.78, 5) is 0. The van der Waals surface area contributed by atoms with Gasteiger partial charge < -0.3 is 0 Å². The zero-order valence-corrected chi connectivity index (χ0v) is 17.5. The van der Waals surface area contributed by atoms with Crippen LogP contribution in [-0.2, 0) is 16.2 Å². The summed E-state index contributed by atoms with van der Waals surface area (Å²) in [6, 6.07) is 4.85. The van der Waals surface area contributed by atoms with Gasteiger partial charge in [-0.25, -0.2) is 0 Å². The molecule has 0 amide bonds. The lowest BCUT2D eigenvalue weighted by Gasteiger charge is -2.29. The van der Waals surface area contributed by atoms with Crippen molar-refractivity contribution in [1.82, 2.24) is 0 Å². The Kier molecular flexibility index (Phi) is 5.90. The normalized spacial score (nSPS) is 12.9. The zero-order chi connectivity index (χ0) is 18.1. The highest BCUT2D eigenvalue weighted by molar-refractivity contribution is 7.46. The monoisotopic (exact) mass is 329 g/mol. The molecule has 0 nitrogen and oxygen atoms in total. The van der Waals surface area contributed by atoms with Crippen LogP contribution in [-0.4, -0.2) is 5.45 Å². The van der Waals surface area contributed by atoms with Crippen LogP contribution in [0.15, 0.2) is 30.9 Å². The summed E-state index contributed by atoms with van der Waals surface area (Å²) in [5.74, 6) is 0. The topological polar surface area (TPSA) is 0 Å². The maximum atomic E-state index is 3.77. The fraction of sp³-hybridized carbons (Fsp3) is 0.545. The van der Waals surface area contributed by atoms with Crippen molar-refractivity contribution in [2.75, 3.05) is 0 Å². The minimum atomic E-state index is 0.124. The van der Waals surface area contributed by atoms with Crippen LogP contribution in [0.1, 0.15) is 79.0 Å². The number of benzene rings is 1. The molecule has 0 saturated carbocycles. The van der Waals surface area contributed by atoms with E-state index in [1.54, 1.807) is 0 Å². The standard InChI is InChI=1S/C22H33P/c1-11-12-13-23-19-17(21(5,6)7)14-16(20(2,3)4)15-18(19)22(8,9)10/h11-12,14-15H,1H2,2-10H3/p+1. The van der Waals surface area contributed by atoms with Gasteiger partial charge in [-0.3, -0.25) is 0 Å². The van der Waals surface area contributed by atoms with Gasteiger partial charge in [-0.2, -0.15) is 0 Å². The third-order valence-corrected chi connectivity index (χ3v) is 5.12. The van der Waals surface area contributed by atoms with Crippen molar-refractivity contribution in [3.8, 4) is 0 Å². The van der Waals surface area contributed by atoms with E-state index in [4.69, 9.17) is 0 Å². The molecular weight excluding hydrogens is 295 g/mol. The van der Waals surface area contributed by atoms with Crippen LogP contribution in [0.25, 0.3) is 0 Å². The molecule has 0 aliphatic heterocycles. The van der Waals surface area contributed by atoms with E-state index in [2.05, 4.69) is 86.5 Å². The van der Waals surface area contributed by atoms with Crippen molar-refractivity contribution >= 4 is 19.0 Å². The average Bonchev–Trinajstić information content (AvgIpc) is 2.35. The van der Waals surface area contributed by atoms with Gasteiger partial charge in [0.1, 0.15) is 0 Å². The van der Waals surface area contributed by atoms with Crippen molar-refractivity contribution in [3.05, 3.63) is 47.6 Å². The van der Waals surface area contributed by atoms with Gasteiger partial charge in [0, 0.05) is 17.2 Å². The van der Waals surface area contributed by atoms with Crippen molar-refractivity contribution in [3.63, 3.8) is 0 Å². The Morgan fingerprint density at radius 1 is 0.826 bits per heavy atom. The third kappa shape index (κ3) is 5.20. The molecular formula is C22H34P+. The summed E-state index contributed by atoms with van der Waals surface area (Å²) < 4.78 is 0. The van der Waals surface area contributed by atoms with E-state index >= 15 is 0 Å². The summed E-state index contributed by atoms with van der Waals surface area (Å²) in [5.41, 5.74) is 8.16. The molecule has 1 unspecified atom stereocenters. The van der Waals surface area contributed by atoms with Crippen molar-refractivity contribution in [2.45, 2.75) is 78.6 Å². The molecule has 1 rings (SSSR count). The third-order valence-electron chi connectivity index (χ3n) is 4.02. The van der Waals surface area contributed by atoms with Crippen molar-refractivity contribution in [1.29, 1.82) is 0 Å². The van der Waals surface area contributed by atoms with Crippen LogP contribution < -0.4 is 5.30 Å². The van der Waals surface area contributed by atoms with Gasteiger partial charge in [0.25, 0.3) is 0 Å². The molecule has 0 bridgehead atoms. The summed E-state index contributed by atoms with van der Waals surface area (Å²) in [6.07, 6.45) is 3.75. The van der Waals surface area contributed by atoms with Crippen LogP contribution in [0.5, 0.6) is 0 Å². The fourth-order valence-corrected chi connectivity index (χ4v) is 4.07. The van der Waals surface area contributed by atoms with Crippen molar-refractivity contribution in [2.24, 2.45) is 0 Å². The summed E-state index contributed by atoms with van der Waals surface area (Å²) in [5, 5.41) is 1.45. The average molecular weight is 329 g/mol. The molecule has 0 aromatic heterocycles. The second kappa shape index (κ2) is 6.80. The summed E-state index contributed by atoms with van der Waals surface area (Å²) in [7, 11) is 0.559. The van der Waals surface area contributed by atoms with Crippen LogP contribution in [0.4, 0.5) is 0 Å². The second-order valence-electron chi connectivity index (χ2n) is 9.37. The first-order chi connectivity index (χ1) is 10.3. The van der Waals surface area contributed by atoms with Gasteiger partial charge in [0.05, 0.1) is 5.45 Å². The zero-order valence-electron chi connectivity index (χ0n) is 16.5. The SMILES string of the molecule is C=CC=C=[PH+]c1c(C(C)(C)C)cc(C(C)(C)C)cc1C(C)(C)C. The fourth-order valence-electron chi connectivity index (χ4n) is 2.57. The number of allylic oxidation sites excluding steroid dienone is 2. The molecule has 1 aromatic carbocycles. The highest BCUT2D eigenvalue weighted by Gasteiger charge is 2.31. The minimum absolute atomic E-state index is 0.124. The number of rotatable bonds is 2. The first kappa shape index (κ1) is 20.0. The van der Waals surface area contributed by atoms with Crippen LogP contribution in [0.2, 0.25) is 0 Å². The lowest BCUT2D eigenvalue weighted by atomic mass is 9.75. The van der Waals surface area contributed by atoms with E-state index in [1.807, 2.05) is 12.2 Å². The number of hydrogen-bond donors (Lipinski definition) is 0. The molecule has 23 heavy (non-hydrogen) atoms. The second-order valence-corrected chi connectivity index (χ2v) is 10.4. The van der Waals surface area contributed by atoms with Crippen LogP contribution in [0, 0.1) is 0 Å². The molecule has 0 fully saturated rings. The first-order valence-electron chi connectivity index (χ1n) is 8.43. The molecule has 126 valence electrons. The molecule has 1 heteroatoms. The molecule has 1 atom stereocenters. The molecule has 0 saturated heterocycles. The largest absolute Gasteiger partial charge is 0.168 e. The van der Waals surface area contributed by atoms with E-state index in [1.165, 1.54) is 22.0 Å². The van der Waals surface area contributed by atoms with E-state index < -0.39 is 0 Å². The highest BCUT2D eigenvalue weighted by atomic mass is 31.1. The maximum Gasteiger partial charge on any atom is 0.168 e. The lowest BCUT2D eigenvalue weighted by molar-refractivity contribution is 0.554. The summed E-state index contributed by atoms with van der Waals surface area (Å²) >= 11 is 0. The molecule has 0 heterocycles. The van der Waals surface area contributed by atoms with E-state index in [-0.39, 0.29) is 16.2 Å². The van der Waals surface area contributed by atoms with E-state index in [0.717, 1.165) is 0 Å². The van der Waals surface area contributed by atoms with Gasteiger partial charge >= 0.3 is 0 Å². The maximum absolute atomic E-state index is 3.77. The smallest absolute Gasteiger partial charge is 0.0983 e. The molecule has 1 aromatic rings. The predicted octanol–water partition coefficient (Wildman–Crippen LogP) is 6.03. The molecule has 0 aliphatic rings. The van der Waals surface area contributed by atoms with Crippen LogP contribution >= 0.6 is 8.20 Å². The van der Waals surface area contributed by atoms with Gasteiger partial charge in [-0.05, 0) is 21.8 Å². The van der Waals surface area contributed by atoms with E-state index in [0.29, 0.717) is 8.20 Å². The molecule has 0 radical (unpaired) electrons. The van der Waals surface area contributed by atoms with Gasteiger partial charge in [-0.15, -0.1) is 0 Å². The Morgan fingerprint density at radius 2 is 1.26 bits per heavy atom. The number of hydrogen-bond acceptors (Lipinski definition) is 0. The quantitative estimate of drug-likeness (QED) is 0.459. The minimum Gasteiger partial charge on any atom is -0.0983 e.